The summed E-state index contributed by atoms with van der Waals surface area (Å²) in [7, 11) is 0. The van der Waals surface area contributed by atoms with Gasteiger partial charge in [0.15, 0.2) is 12.4 Å². The summed E-state index contributed by atoms with van der Waals surface area (Å²) in [5.74, 6) is -0.787. The second-order valence-corrected chi connectivity index (χ2v) is 9.77. The molecule has 3 aromatic carbocycles. The lowest BCUT2D eigenvalue weighted by Gasteiger charge is -2.19. The number of anilines is 1. The van der Waals surface area contributed by atoms with Crippen LogP contribution in [0.25, 0.3) is 22.3 Å². The Balaban J connectivity index is 1.73. The molecule has 7 heteroatoms. The predicted octanol–water partition coefficient (Wildman–Crippen LogP) is 6.88. The maximum Gasteiger partial charge on any atom is 0.262 e. The number of hydrogen-bond acceptors (Lipinski definition) is 4. The number of amides is 1. The summed E-state index contributed by atoms with van der Waals surface area (Å²) in [6.45, 7) is 7.71. The van der Waals surface area contributed by atoms with Crippen molar-refractivity contribution in [1.82, 2.24) is 0 Å². The first-order chi connectivity index (χ1) is 16.5. The Morgan fingerprint density at radius 1 is 1.06 bits per heavy atom. The molecule has 0 spiro atoms. The van der Waals surface area contributed by atoms with Crippen LogP contribution in [-0.2, 0) is 10.2 Å². The molecule has 4 aromatic rings. The minimum atomic E-state index is -0.507. The van der Waals surface area contributed by atoms with Crippen molar-refractivity contribution in [3.8, 4) is 17.1 Å². The van der Waals surface area contributed by atoms with Crippen LogP contribution in [0.1, 0.15) is 31.9 Å². The van der Waals surface area contributed by atoms with Gasteiger partial charge in [0.2, 0.25) is 11.2 Å². The van der Waals surface area contributed by atoms with Crippen LogP contribution in [0.2, 0.25) is 5.02 Å². The summed E-state index contributed by atoms with van der Waals surface area (Å²) in [5.41, 5.74) is 2.82. The average molecular weight is 494 g/mol. The van der Waals surface area contributed by atoms with Crippen molar-refractivity contribution >= 4 is 34.2 Å². The molecule has 0 unspecified atom stereocenters. The zero-order valence-electron chi connectivity index (χ0n) is 19.9. The number of nitrogens with one attached hydrogen (secondary N) is 1. The molecule has 0 atom stereocenters. The van der Waals surface area contributed by atoms with Gasteiger partial charge in [-0.3, -0.25) is 9.59 Å². The Kier molecular flexibility index (Phi) is 6.68. The Bertz CT molecular complexity index is 1450. The molecule has 0 bridgehead atoms. The number of ether oxygens (including phenoxy) is 1. The summed E-state index contributed by atoms with van der Waals surface area (Å²) in [6.07, 6.45) is 0. The average Bonchev–Trinajstić information content (AvgIpc) is 2.81. The van der Waals surface area contributed by atoms with Crippen LogP contribution in [-0.4, -0.2) is 12.5 Å². The van der Waals surface area contributed by atoms with E-state index in [-0.39, 0.29) is 22.3 Å². The van der Waals surface area contributed by atoms with Gasteiger partial charge in [0.05, 0.1) is 5.39 Å². The Hall–Kier alpha value is -3.64. The summed E-state index contributed by atoms with van der Waals surface area (Å²) in [6, 6.07) is 16.2. The van der Waals surface area contributed by atoms with Crippen LogP contribution in [0, 0.1) is 12.7 Å². The van der Waals surface area contributed by atoms with Crippen molar-refractivity contribution in [2.24, 2.45) is 0 Å². The van der Waals surface area contributed by atoms with E-state index in [9.17, 15) is 14.0 Å². The molecule has 35 heavy (non-hydrogen) atoms. The SMILES string of the molecule is Cc1cc2oc(-c3ccc(C(C)(C)C)cc3)c(OCC(=O)Nc3ccc(F)cc3)c(=O)c2cc1Cl. The molecule has 1 N–H and O–H groups in total. The molecule has 0 aliphatic heterocycles. The van der Waals surface area contributed by atoms with Crippen LogP contribution in [0.4, 0.5) is 10.1 Å². The normalized spacial score (nSPS) is 11.5. The highest BCUT2D eigenvalue weighted by Crippen LogP contribution is 2.34. The predicted molar refractivity (Wildman–Crippen MR) is 137 cm³/mol. The van der Waals surface area contributed by atoms with Gasteiger partial charge >= 0.3 is 0 Å². The van der Waals surface area contributed by atoms with Gasteiger partial charge in [0.1, 0.15) is 11.4 Å². The number of benzene rings is 3. The van der Waals surface area contributed by atoms with Crippen LogP contribution < -0.4 is 15.5 Å². The summed E-state index contributed by atoms with van der Waals surface area (Å²) < 4.78 is 25.0. The fraction of sp³-hybridized carbons (Fsp3) is 0.214. The molecule has 1 aromatic heterocycles. The first-order valence-corrected chi connectivity index (χ1v) is 11.5. The van der Waals surface area contributed by atoms with Gasteiger partial charge in [0, 0.05) is 16.3 Å². The molecule has 4 rings (SSSR count). The van der Waals surface area contributed by atoms with Gasteiger partial charge in [-0.05, 0) is 59.9 Å². The smallest absolute Gasteiger partial charge is 0.262 e. The molecule has 180 valence electrons. The minimum absolute atomic E-state index is 0.0472. The van der Waals surface area contributed by atoms with E-state index in [2.05, 4.69) is 26.1 Å². The Labute approximate surface area is 207 Å². The molecular weight excluding hydrogens is 469 g/mol. The third-order valence-electron chi connectivity index (χ3n) is 5.62. The minimum Gasteiger partial charge on any atom is -0.476 e. The summed E-state index contributed by atoms with van der Waals surface area (Å²) in [4.78, 5) is 25.9. The van der Waals surface area contributed by atoms with Crippen molar-refractivity contribution in [3.63, 3.8) is 0 Å². The van der Waals surface area contributed by atoms with E-state index in [1.165, 1.54) is 30.3 Å². The molecule has 0 aliphatic rings. The van der Waals surface area contributed by atoms with E-state index >= 15 is 0 Å². The molecule has 0 fully saturated rings. The van der Waals surface area contributed by atoms with Gasteiger partial charge < -0.3 is 14.5 Å². The van der Waals surface area contributed by atoms with E-state index in [1.54, 1.807) is 6.07 Å². The third-order valence-corrected chi connectivity index (χ3v) is 6.03. The fourth-order valence-electron chi connectivity index (χ4n) is 3.61. The van der Waals surface area contributed by atoms with E-state index in [4.69, 9.17) is 20.8 Å². The summed E-state index contributed by atoms with van der Waals surface area (Å²) >= 11 is 6.25. The molecule has 1 amide bonds. The zero-order chi connectivity index (χ0) is 25.3. The molecule has 5 nitrogen and oxygen atoms in total. The van der Waals surface area contributed by atoms with E-state index in [1.807, 2.05) is 31.2 Å². The second kappa shape index (κ2) is 9.55. The maximum atomic E-state index is 13.4. The van der Waals surface area contributed by atoms with E-state index < -0.39 is 23.8 Å². The maximum absolute atomic E-state index is 13.4. The number of carbonyl (C=O) groups excluding carboxylic acids is 1. The van der Waals surface area contributed by atoms with Crippen LogP contribution in [0.3, 0.4) is 0 Å². The van der Waals surface area contributed by atoms with E-state index in [0.717, 1.165) is 11.1 Å². The van der Waals surface area contributed by atoms with Crippen molar-refractivity contribution in [2.45, 2.75) is 33.1 Å². The van der Waals surface area contributed by atoms with Crippen LogP contribution in [0.5, 0.6) is 5.75 Å². The lowest BCUT2D eigenvalue weighted by molar-refractivity contribution is -0.118. The van der Waals surface area contributed by atoms with Gasteiger partial charge in [-0.2, -0.15) is 0 Å². The molecule has 0 radical (unpaired) electrons. The molecular formula is C28H25ClFNO4. The number of hydrogen-bond donors (Lipinski definition) is 1. The molecule has 0 aliphatic carbocycles. The van der Waals surface area contributed by atoms with Crippen molar-refractivity contribution in [1.29, 1.82) is 0 Å². The van der Waals surface area contributed by atoms with Gasteiger partial charge in [0.25, 0.3) is 5.91 Å². The summed E-state index contributed by atoms with van der Waals surface area (Å²) in [5, 5.41) is 3.29. The van der Waals surface area contributed by atoms with E-state index in [0.29, 0.717) is 21.9 Å². The zero-order valence-corrected chi connectivity index (χ0v) is 20.6. The highest BCUT2D eigenvalue weighted by molar-refractivity contribution is 6.32. The first kappa shape index (κ1) is 24.5. The first-order valence-electron chi connectivity index (χ1n) is 11.1. The monoisotopic (exact) mass is 493 g/mol. The molecule has 1 heterocycles. The topological polar surface area (TPSA) is 68.5 Å². The molecule has 0 saturated carbocycles. The third kappa shape index (κ3) is 5.38. The lowest BCUT2D eigenvalue weighted by atomic mass is 9.86. The number of carbonyl (C=O) groups is 1. The fourth-order valence-corrected chi connectivity index (χ4v) is 3.77. The van der Waals surface area contributed by atoms with Crippen LogP contribution in [0.15, 0.2) is 69.9 Å². The largest absolute Gasteiger partial charge is 0.476 e. The standard InChI is InChI=1S/C28H25ClFNO4/c1-16-13-23-21(14-22(16)29)25(33)27(34-15-24(32)31-20-11-9-19(30)10-12-20)26(35-23)17-5-7-18(8-6-17)28(2,3)4/h5-14H,15H2,1-4H3,(H,31,32). The van der Waals surface area contributed by atoms with Gasteiger partial charge in [-0.25, -0.2) is 4.39 Å². The number of aryl methyl sites for hydroxylation is 1. The Morgan fingerprint density at radius 2 is 1.71 bits per heavy atom. The number of rotatable bonds is 5. The quantitative estimate of drug-likeness (QED) is 0.329. The highest BCUT2D eigenvalue weighted by Gasteiger charge is 2.21. The van der Waals surface area contributed by atoms with Crippen molar-refractivity contribution < 1.29 is 18.3 Å². The number of fused-ring (bicyclic) bond motifs is 1. The number of halogens is 2. The molecule has 0 saturated heterocycles. The van der Waals surface area contributed by atoms with Crippen molar-refractivity contribution in [2.75, 3.05) is 11.9 Å². The Morgan fingerprint density at radius 3 is 2.34 bits per heavy atom. The second-order valence-electron chi connectivity index (χ2n) is 9.36. The van der Waals surface area contributed by atoms with Gasteiger partial charge in [-0.1, -0.05) is 56.6 Å². The lowest BCUT2D eigenvalue weighted by Crippen LogP contribution is -2.22. The van der Waals surface area contributed by atoms with Crippen molar-refractivity contribution in [3.05, 3.63) is 92.9 Å². The highest BCUT2D eigenvalue weighted by atomic mass is 35.5. The van der Waals surface area contributed by atoms with Gasteiger partial charge in [-0.15, -0.1) is 0 Å². The van der Waals surface area contributed by atoms with Crippen LogP contribution >= 0.6 is 11.6 Å².